The van der Waals surface area contributed by atoms with Crippen LogP contribution in [-0.2, 0) is 26.2 Å². The Kier molecular flexibility index (Phi) is 10.0. The topological polar surface area (TPSA) is 86.8 Å². The Labute approximate surface area is 240 Å². The molecule has 3 aromatic carbocycles. The van der Waals surface area contributed by atoms with Gasteiger partial charge in [-0.1, -0.05) is 53.0 Å². The number of hydrogen-bond donors (Lipinski definition) is 1. The van der Waals surface area contributed by atoms with Gasteiger partial charge >= 0.3 is 0 Å². The van der Waals surface area contributed by atoms with Crippen LogP contribution in [0.5, 0.6) is 0 Å². The van der Waals surface area contributed by atoms with Crippen LogP contribution in [0.2, 0.25) is 10.0 Å². The molecular weight excluding hydrogens is 557 g/mol. The quantitative estimate of drug-likeness (QED) is 0.326. The van der Waals surface area contributed by atoms with Gasteiger partial charge < -0.3 is 10.2 Å². The Morgan fingerprint density at radius 3 is 2.13 bits per heavy atom. The Morgan fingerprint density at radius 1 is 0.897 bits per heavy atom. The van der Waals surface area contributed by atoms with Gasteiger partial charge in [0.25, 0.3) is 10.0 Å². The lowest BCUT2D eigenvalue weighted by Crippen LogP contribution is -2.52. The summed E-state index contributed by atoms with van der Waals surface area (Å²) in [5.41, 5.74) is 2.50. The number of nitrogens with zero attached hydrogens (tertiary/aromatic N) is 2. The highest BCUT2D eigenvalue weighted by Gasteiger charge is 2.33. The molecule has 1 unspecified atom stereocenters. The van der Waals surface area contributed by atoms with E-state index in [4.69, 9.17) is 23.2 Å². The largest absolute Gasteiger partial charge is 0.352 e. The molecule has 7 nitrogen and oxygen atoms in total. The maximum Gasteiger partial charge on any atom is 0.264 e. The van der Waals surface area contributed by atoms with Crippen LogP contribution in [-0.4, -0.2) is 43.8 Å². The van der Waals surface area contributed by atoms with Crippen LogP contribution in [0.25, 0.3) is 0 Å². The molecule has 2 amide bonds. The van der Waals surface area contributed by atoms with Crippen molar-refractivity contribution < 1.29 is 18.0 Å². The number of benzene rings is 3. The Morgan fingerprint density at radius 2 is 1.54 bits per heavy atom. The number of anilines is 1. The minimum Gasteiger partial charge on any atom is -0.352 e. The number of halogens is 2. The zero-order valence-corrected chi connectivity index (χ0v) is 24.9. The van der Waals surface area contributed by atoms with Gasteiger partial charge in [0.05, 0.1) is 10.6 Å². The first-order chi connectivity index (χ1) is 18.3. The van der Waals surface area contributed by atoms with E-state index in [2.05, 4.69) is 5.32 Å². The normalized spacial score (nSPS) is 12.2. The molecule has 0 aliphatic rings. The van der Waals surface area contributed by atoms with Gasteiger partial charge in [-0.2, -0.15) is 0 Å². The molecule has 0 aliphatic heterocycles. The molecule has 0 saturated heterocycles. The second kappa shape index (κ2) is 12.9. The number of rotatable bonds is 10. The predicted octanol–water partition coefficient (Wildman–Crippen LogP) is 5.75. The Bertz CT molecular complexity index is 1440. The average Bonchev–Trinajstić information content (AvgIpc) is 2.85. The summed E-state index contributed by atoms with van der Waals surface area (Å²) in [6.45, 7) is 8.39. The number of nitrogens with one attached hydrogen (secondary N) is 1. The van der Waals surface area contributed by atoms with Crippen molar-refractivity contribution in [3.8, 4) is 0 Å². The van der Waals surface area contributed by atoms with Gasteiger partial charge in [-0.05, 0) is 88.2 Å². The van der Waals surface area contributed by atoms with Crippen LogP contribution in [0.1, 0.15) is 37.5 Å². The summed E-state index contributed by atoms with van der Waals surface area (Å²) in [7, 11) is -4.16. The summed E-state index contributed by atoms with van der Waals surface area (Å²) in [4.78, 5) is 28.3. The third-order valence-corrected chi connectivity index (χ3v) is 8.40. The molecule has 0 saturated carbocycles. The first-order valence-corrected chi connectivity index (χ1v) is 14.7. The number of carbonyl (C=O) groups excluding carboxylic acids is 2. The fourth-order valence-corrected chi connectivity index (χ4v) is 5.99. The highest BCUT2D eigenvalue weighted by atomic mass is 35.5. The van der Waals surface area contributed by atoms with Gasteiger partial charge in [0.2, 0.25) is 11.8 Å². The second-order valence-electron chi connectivity index (χ2n) is 9.75. The summed E-state index contributed by atoms with van der Waals surface area (Å²) in [6, 6.07) is 17.2. The van der Waals surface area contributed by atoms with Crippen molar-refractivity contribution in [2.24, 2.45) is 0 Å². The van der Waals surface area contributed by atoms with E-state index in [-0.39, 0.29) is 23.4 Å². The fraction of sp³-hybridized carbons (Fsp3) is 0.310. The lowest BCUT2D eigenvalue weighted by Gasteiger charge is -2.32. The van der Waals surface area contributed by atoms with Gasteiger partial charge in [0, 0.05) is 22.6 Å². The molecule has 0 fully saturated rings. The van der Waals surface area contributed by atoms with Crippen LogP contribution >= 0.6 is 23.2 Å². The number of sulfonamides is 1. The van der Waals surface area contributed by atoms with Gasteiger partial charge in [-0.25, -0.2) is 8.42 Å². The number of amides is 2. The molecule has 1 atom stereocenters. The van der Waals surface area contributed by atoms with Crippen molar-refractivity contribution >= 4 is 50.7 Å². The standard InChI is InChI=1S/C29H33Cl2N3O4S/c1-19(2)32-29(36)22(5)33(17-23-7-6-8-24(30)16-23)28(35)18-34(27-14-11-25(31)15-21(27)4)39(37,38)26-12-9-20(3)10-13-26/h6-16,19,22H,17-18H2,1-5H3,(H,32,36). The van der Waals surface area contributed by atoms with Crippen LogP contribution in [0.4, 0.5) is 5.69 Å². The molecule has 0 heterocycles. The molecule has 0 radical (unpaired) electrons. The molecule has 0 aromatic heterocycles. The van der Waals surface area contributed by atoms with E-state index in [9.17, 15) is 18.0 Å². The zero-order chi connectivity index (χ0) is 28.9. The van der Waals surface area contributed by atoms with Crippen LogP contribution in [0, 0.1) is 13.8 Å². The number of hydrogen-bond acceptors (Lipinski definition) is 4. The molecule has 39 heavy (non-hydrogen) atoms. The van der Waals surface area contributed by atoms with Gasteiger partial charge in [-0.3, -0.25) is 13.9 Å². The zero-order valence-electron chi connectivity index (χ0n) is 22.6. The van der Waals surface area contributed by atoms with Gasteiger partial charge in [-0.15, -0.1) is 0 Å². The Hall–Kier alpha value is -3.07. The maximum absolute atomic E-state index is 13.9. The number of aryl methyl sites for hydroxylation is 2. The molecule has 0 bridgehead atoms. The van der Waals surface area contributed by atoms with Crippen LogP contribution < -0.4 is 9.62 Å². The minimum atomic E-state index is -4.16. The molecule has 0 spiro atoms. The first kappa shape index (κ1) is 30.5. The van der Waals surface area contributed by atoms with E-state index < -0.39 is 28.5 Å². The summed E-state index contributed by atoms with van der Waals surface area (Å²) < 4.78 is 28.9. The molecule has 208 valence electrons. The van der Waals surface area contributed by atoms with Crippen molar-refractivity contribution in [3.63, 3.8) is 0 Å². The van der Waals surface area contributed by atoms with Crippen molar-refractivity contribution in [2.75, 3.05) is 10.8 Å². The van der Waals surface area contributed by atoms with Crippen LogP contribution in [0.3, 0.4) is 0 Å². The first-order valence-electron chi connectivity index (χ1n) is 12.5. The van der Waals surface area contributed by atoms with E-state index >= 15 is 0 Å². The van der Waals surface area contributed by atoms with Crippen molar-refractivity contribution in [3.05, 3.63) is 93.5 Å². The monoisotopic (exact) mass is 589 g/mol. The van der Waals surface area contributed by atoms with Crippen LogP contribution in [0.15, 0.2) is 71.6 Å². The van der Waals surface area contributed by atoms with E-state index in [0.29, 0.717) is 26.9 Å². The molecule has 1 N–H and O–H groups in total. The smallest absolute Gasteiger partial charge is 0.264 e. The third kappa shape index (κ3) is 7.75. The molecule has 3 rings (SSSR count). The summed E-state index contributed by atoms with van der Waals surface area (Å²) >= 11 is 12.3. The lowest BCUT2D eigenvalue weighted by molar-refractivity contribution is -0.139. The van der Waals surface area contributed by atoms with Gasteiger partial charge in [0.15, 0.2) is 0 Å². The average molecular weight is 591 g/mol. The molecular formula is C29H33Cl2N3O4S. The Balaban J connectivity index is 2.07. The highest BCUT2D eigenvalue weighted by Crippen LogP contribution is 2.29. The SMILES string of the molecule is Cc1ccc(S(=O)(=O)N(CC(=O)N(Cc2cccc(Cl)c2)C(C)C(=O)NC(C)C)c2ccc(Cl)cc2C)cc1. The van der Waals surface area contributed by atoms with E-state index in [1.54, 1.807) is 68.4 Å². The lowest BCUT2D eigenvalue weighted by atomic mass is 10.1. The third-order valence-electron chi connectivity index (χ3n) is 6.16. The van der Waals surface area contributed by atoms with Crippen molar-refractivity contribution in [1.29, 1.82) is 0 Å². The number of carbonyl (C=O) groups is 2. The molecule has 0 aliphatic carbocycles. The summed E-state index contributed by atoms with van der Waals surface area (Å²) in [5, 5.41) is 3.76. The predicted molar refractivity (Wildman–Crippen MR) is 157 cm³/mol. The van der Waals surface area contributed by atoms with E-state index in [1.165, 1.54) is 17.0 Å². The fourth-order valence-electron chi connectivity index (χ4n) is 4.07. The molecule has 3 aromatic rings. The maximum atomic E-state index is 13.9. The van der Waals surface area contributed by atoms with Gasteiger partial charge in [0.1, 0.15) is 12.6 Å². The molecule has 10 heteroatoms. The highest BCUT2D eigenvalue weighted by molar-refractivity contribution is 7.92. The van der Waals surface area contributed by atoms with Crippen molar-refractivity contribution in [2.45, 2.75) is 58.1 Å². The summed E-state index contributed by atoms with van der Waals surface area (Å²) in [5.74, 6) is -0.901. The summed E-state index contributed by atoms with van der Waals surface area (Å²) in [6.07, 6.45) is 0. The van der Waals surface area contributed by atoms with E-state index in [0.717, 1.165) is 9.87 Å². The minimum absolute atomic E-state index is 0.0437. The van der Waals surface area contributed by atoms with E-state index in [1.807, 2.05) is 20.8 Å². The second-order valence-corrected chi connectivity index (χ2v) is 12.5. The van der Waals surface area contributed by atoms with Crippen molar-refractivity contribution in [1.82, 2.24) is 10.2 Å².